The van der Waals surface area contributed by atoms with E-state index in [1.807, 2.05) is 13.0 Å². The molecule has 2 aliphatic heterocycles. The molecule has 2 heterocycles. The minimum absolute atomic E-state index is 0.0108. The van der Waals surface area contributed by atoms with Gasteiger partial charge in [-0.25, -0.2) is 4.39 Å². The minimum atomic E-state index is -0.431. The summed E-state index contributed by atoms with van der Waals surface area (Å²) in [5, 5.41) is 0. The molecule has 4 rings (SSSR count). The van der Waals surface area contributed by atoms with Gasteiger partial charge in [0.15, 0.2) is 5.78 Å². The van der Waals surface area contributed by atoms with Crippen LogP contribution in [0.2, 0.25) is 0 Å². The average Bonchev–Trinajstić information content (AvgIpc) is 2.68. The number of Topliss-reactive ketones (excluding diaryl/α,β-unsaturated/α-hetero) is 1. The molecule has 4 nitrogen and oxygen atoms in total. The van der Waals surface area contributed by atoms with Crippen molar-refractivity contribution < 1.29 is 18.7 Å². The number of halogens is 1. The van der Waals surface area contributed by atoms with Crippen molar-refractivity contribution in [3.05, 3.63) is 65.5 Å². The second-order valence-electron chi connectivity index (χ2n) is 7.64. The van der Waals surface area contributed by atoms with Crippen LogP contribution in [0.3, 0.4) is 0 Å². The summed E-state index contributed by atoms with van der Waals surface area (Å²) in [4.78, 5) is 15.6. The van der Waals surface area contributed by atoms with Gasteiger partial charge in [-0.1, -0.05) is 30.3 Å². The molecule has 2 atom stereocenters. The van der Waals surface area contributed by atoms with Crippen LogP contribution in [-0.2, 0) is 11.3 Å². The number of nitrogens with zero attached hydrogens (tertiary/aromatic N) is 1. The van der Waals surface area contributed by atoms with Crippen molar-refractivity contribution >= 4 is 5.78 Å². The number of benzene rings is 2. The molecule has 5 heteroatoms. The third kappa shape index (κ3) is 4.10. The molecule has 0 amide bonds. The zero-order valence-electron chi connectivity index (χ0n) is 16.1. The summed E-state index contributed by atoms with van der Waals surface area (Å²) in [7, 11) is 0. The van der Waals surface area contributed by atoms with Crippen LogP contribution in [0.4, 0.5) is 4.39 Å². The fraction of sp³-hybridized carbons (Fsp3) is 0.435. The lowest BCUT2D eigenvalue weighted by Gasteiger charge is -2.48. The fourth-order valence-corrected chi connectivity index (χ4v) is 4.45. The highest BCUT2D eigenvalue weighted by molar-refractivity contribution is 5.98. The summed E-state index contributed by atoms with van der Waals surface area (Å²) in [5.41, 5.74) is 1.68. The number of piperidine rings is 1. The summed E-state index contributed by atoms with van der Waals surface area (Å²) >= 11 is 0. The number of hydrogen-bond donors (Lipinski definition) is 0. The van der Waals surface area contributed by atoms with Crippen LogP contribution in [0, 0.1) is 11.7 Å². The average molecular weight is 383 g/mol. The van der Waals surface area contributed by atoms with Crippen LogP contribution in [0.1, 0.15) is 35.7 Å². The molecule has 2 aromatic carbocycles. The third-order valence-corrected chi connectivity index (χ3v) is 5.72. The van der Waals surface area contributed by atoms with E-state index in [-0.39, 0.29) is 23.8 Å². The van der Waals surface area contributed by atoms with E-state index in [0.29, 0.717) is 31.1 Å². The van der Waals surface area contributed by atoms with Crippen LogP contribution in [0.25, 0.3) is 0 Å². The van der Waals surface area contributed by atoms with E-state index >= 15 is 0 Å². The van der Waals surface area contributed by atoms with Gasteiger partial charge in [0.05, 0.1) is 19.8 Å². The quantitative estimate of drug-likeness (QED) is 0.705. The Hall–Kier alpha value is -2.24. The van der Waals surface area contributed by atoms with Crippen molar-refractivity contribution in [1.82, 2.24) is 4.90 Å². The second-order valence-corrected chi connectivity index (χ2v) is 7.64. The van der Waals surface area contributed by atoms with Crippen molar-refractivity contribution in [2.75, 3.05) is 19.8 Å². The lowest BCUT2D eigenvalue weighted by molar-refractivity contribution is -0.0872. The topological polar surface area (TPSA) is 38.8 Å². The monoisotopic (exact) mass is 383 g/mol. The number of ketones is 1. The summed E-state index contributed by atoms with van der Waals surface area (Å²) < 4.78 is 25.1. The Morgan fingerprint density at radius 3 is 2.54 bits per heavy atom. The van der Waals surface area contributed by atoms with E-state index in [9.17, 15) is 9.18 Å². The standard InChI is InChI=1S/C23H26FNO3/c1-2-28-22-11-17(8-19(24)12-22)23(26)18-9-20-14-27-15-21(10-18)25(20)13-16-6-4-3-5-7-16/h3-8,11-12,18,20-21H,2,9-10,13-15H2,1H3. The van der Waals surface area contributed by atoms with Crippen molar-refractivity contribution in [3.63, 3.8) is 0 Å². The number of fused-ring (bicyclic) bond motifs is 2. The van der Waals surface area contributed by atoms with Crippen molar-refractivity contribution in [1.29, 1.82) is 0 Å². The zero-order chi connectivity index (χ0) is 19.5. The Morgan fingerprint density at radius 1 is 1.14 bits per heavy atom. The van der Waals surface area contributed by atoms with Gasteiger partial charge in [-0.05, 0) is 37.5 Å². The van der Waals surface area contributed by atoms with Crippen LogP contribution >= 0.6 is 0 Å². The van der Waals surface area contributed by atoms with Gasteiger partial charge in [0.2, 0.25) is 0 Å². The Kier molecular flexibility index (Phi) is 5.74. The number of rotatable bonds is 6. The van der Waals surface area contributed by atoms with E-state index in [2.05, 4.69) is 29.2 Å². The van der Waals surface area contributed by atoms with Crippen molar-refractivity contribution in [3.8, 4) is 5.75 Å². The smallest absolute Gasteiger partial charge is 0.166 e. The van der Waals surface area contributed by atoms with Gasteiger partial charge in [-0.15, -0.1) is 0 Å². The van der Waals surface area contributed by atoms with Gasteiger partial charge < -0.3 is 9.47 Å². The normalized spacial score (nSPS) is 24.7. The first-order valence-electron chi connectivity index (χ1n) is 9.99. The Morgan fingerprint density at radius 2 is 1.86 bits per heavy atom. The van der Waals surface area contributed by atoms with Gasteiger partial charge in [-0.2, -0.15) is 0 Å². The molecule has 0 spiro atoms. The van der Waals surface area contributed by atoms with Gasteiger partial charge >= 0.3 is 0 Å². The largest absolute Gasteiger partial charge is 0.494 e. The first kappa shape index (κ1) is 19.1. The zero-order valence-corrected chi connectivity index (χ0v) is 16.1. The number of carbonyl (C=O) groups is 1. The number of carbonyl (C=O) groups excluding carboxylic acids is 1. The van der Waals surface area contributed by atoms with Crippen LogP contribution < -0.4 is 4.74 Å². The molecule has 0 aliphatic carbocycles. The molecule has 2 bridgehead atoms. The first-order valence-corrected chi connectivity index (χ1v) is 9.99. The molecule has 148 valence electrons. The maximum absolute atomic E-state index is 14.0. The maximum atomic E-state index is 14.0. The summed E-state index contributed by atoms with van der Waals surface area (Å²) in [6.07, 6.45) is 1.48. The summed E-state index contributed by atoms with van der Waals surface area (Å²) in [6, 6.07) is 15.1. The van der Waals surface area contributed by atoms with Crippen LogP contribution in [-0.4, -0.2) is 42.6 Å². The highest BCUT2D eigenvalue weighted by Crippen LogP contribution is 2.35. The molecule has 2 saturated heterocycles. The van der Waals surface area contributed by atoms with E-state index in [1.54, 1.807) is 6.07 Å². The maximum Gasteiger partial charge on any atom is 0.166 e. The lowest BCUT2D eigenvalue weighted by atomic mass is 9.80. The molecule has 0 radical (unpaired) electrons. The SMILES string of the molecule is CCOc1cc(F)cc(C(=O)C2CC3COCC(C2)N3Cc2ccccc2)c1. The van der Waals surface area contributed by atoms with Gasteiger partial charge in [-0.3, -0.25) is 9.69 Å². The summed E-state index contributed by atoms with van der Waals surface area (Å²) in [6.45, 7) is 4.43. The van der Waals surface area contributed by atoms with E-state index in [1.165, 1.54) is 17.7 Å². The molecule has 0 saturated carbocycles. The number of hydrogen-bond acceptors (Lipinski definition) is 4. The van der Waals surface area contributed by atoms with Crippen molar-refractivity contribution in [2.24, 2.45) is 5.92 Å². The van der Waals surface area contributed by atoms with E-state index in [0.717, 1.165) is 19.4 Å². The second kappa shape index (κ2) is 8.41. The molecule has 2 fully saturated rings. The molecule has 0 aromatic heterocycles. The Bertz CT molecular complexity index is 812. The molecular weight excluding hydrogens is 357 g/mol. The molecular formula is C23H26FNO3. The minimum Gasteiger partial charge on any atom is -0.494 e. The molecule has 2 aromatic rings. The number of morpholine rings is 1. The number of ether oxygens (including phenoxy) is 2. The van der Waals surface area contributed by atoms with Gasteiger partial charge in [0, 0.05) is 36.2 Å². The molecule has 2 unspecified atom stereocenters. The highest BCUT2D eigenvalue weighted by Gasteiger charge is 2.41. The first-order chi connectivity index (χ1) is 13.6. The van der Waals surface area contributed by atoms with Crippen LogP contribution in [0.5, 0.6) is 5.75 Å². The highest BCUT2D eigenvalue weighted by atomic mass is 19.1. The summed E-state index contributed by atoms with van der Waals surface area (Å²) in [5.74, 6) is -0.117. The van der Waals surface area contributed by atoms with Crippen LogP contribution in [0.15, 0.2) is 48.5 Å². The van der Waals surface area contributed by atoms with E-state index < -0.39 is 5.82 Å². The van der Waals surface area contributed by atoms with Gasteiger partial charge in [0.25, 0.3) is 0 Å². The fourth-order valence-electron chi connectivity index (χ4n) is 4.45. The molecule has 28 heavy (non-hydrogen) atoms. The van der Waals surface area contributed by atoms with E-state index in [4.69, 9.17) is 9.47 Å². The predicted molar refractivity (Wildman–Crippen MR) is 105 cm³/mol. The van der Waals surface area contributed by atoms with Crippen molar-refractivity contribution in [2.45, 2.75) is 38.4 Å². The Labute approximate surface area is 165 Å². The lowest BCUT2D eigenvalue weighted by Crippen LogP contribution is -2.57. The third-order valence-electron chi connectivity index (χ3n) is 5.72. The Balaban J connectivity index is 1.50. The molecule has 2 aliphatic rings. The van der Waals surface area contributed by atoms with Gasteiger partial charge in [0.1, 0.15) is 11.6 Å². The molecule has 0 N–H and O–H groups in total. The predicted octanol–water partition coefficient (Wildman–Crippen LogP) is 4.09.